The number of aromatic nitrogens is 2. The van der Waals surface area contributed by atoms with Crippen molar-refractivity contribution in [3.63, 3.8) is 0 Å². The molecule has 0 bridgehead atoms. The Hall–Kier alpha value is -3.19. The van der Waals surface area contributed by atoms with Gasteiger partial charge in [0.15, 0.2) is 0 Å². The number of hydrogen-bond donors (Lipinski definition) is 3. The van der Waals surface area contributed by atoms with Gasteiger partial charge in [0.25, 0.3) is 5.91 Å². The first kappa shape index (κ1) is 19.1. The zero-order chi connectivity index (χ0) is 20.8. The van der Waals surface area contributed by atoms with Gasteiger partial charge in [-0.25, -0.2) is 4.98 Å². The second-order valence-corrected chi connectivity index (χ2v) is 7.89. The van der Waals surface area contributed by atoms with Crippen LogP contribution in [-0.4, -0.2) is 39.5 Å². The Morgan fingerprint density at radius 1 is 1.28 bits per heavy atom. The van der Waals surface area contributed by atoms with E-state index in [0.717, 1.165) is 11.3 Å². The van der Waals surface area contributed by atoms with E-state index in [1.807, 2.05) is 39.0 Å². The zero-order valence-corrected chi connectivity index (χ0v) is 16.7. The number of rotatable bonds is 5. The quantitative estimate of drug-likeness (QED) is 0.621. The number of amides is 2. The molecule has 0 fully saturated rings. The summed E-state index contributed by atoms with van der Waals surface area (Å²) in [5, 5.41) is 12.9. The van der Waals surface area contributed by atoms with E-state index in [2.05, 4.69) is 15.3 Å². The molecule has 1 aliphatic rings. The molecule has 1 aromatic heterocycles. The SMILES string of the molecule is CC[C@@H](O)CN1C(=O)C(C)(C)c2cc3nc(NC(=O)c4ccccc4)[nH]c3cc21. The number of aliphatic hydroxyl groups is 1. The summed E-state index contributed by atoms with van der Waals surface area (Å²) in [6, 6.07) is 12.7. The van der Waals surface area contributed by atoms with Crippen molar-refractivity contribution < 1.29 is 14.7 Å². The molecule has 7 nitrogen and oxygen atoms in total. The Kier molecular flexibility index (Phi) is 4.62. The summed E-state index contributed by atoms with van der Waals surface area (Å²) in [7, 11) is 0. The van der Waals surface area contributed by atoms with Crippen LogP contribution >= 0.6 is 0 Å². The molecule has 0 radical (unpaired) electrons. The van der Waals surface area contributed by atoms with Gasteiger partial charge in [0.05, 0.1) is 34.8 Å². The molecule has 0 saturated carbocycles. The molecular weight excluding hydrogens is 368 g/mol. The number of imidazole rings is 1. The maximum atomic E-state index is 12.9. The molecular formula is C22H24N4O3. The van der Waals surface area contributed by atoms with E-state index >= 15 is 0 Å². The molecule has 0 unspecified atom stereocenters. The lowest BCUT2D eigenvalue weighted by atomic mass is 9.86. The van der Waals surface area contributed by atoms with Crippen LogP contribution < -0.4 is 10.2 Å². The van der Waals surface area contributed by atoms with Crippen molar-refractivity contribution in [3.05, 3.63) is 53.6 Å². The van der Waals surface area contributed by atoms with Crippen molar-refractivity contribution >= 4 is 34.5 Å². The van der Waals surface area contributed by atoms with Crippen molar-refractivity contribution in [2.24, 2.45) is 0 Å². The number of nitrogens with one attached hydrogen (secondary N) is 2. The van der Waals surface area contributed by atoms with Crippen LogP contribution in [0.15, 0.2) is 42.5 Å². The first-order chi connectivity index (χ1) is 13.8. The molecule has 0 aliphatic carbocycles. The summed E-state index contributed by atoms with van der Waals surface area (Å²) < 4.78 is 0. The lowest BCUT2D eigenvalue weighted by Crippen LogP contribution is -2.40. The molecule has 1 atom stereocenters. The topological polar surface area (TPSA) is 98.3 Å². The highest BCUT2D eigenvalue weighted by Gasteiger charge is 2.44. The van der Waals surface area contributed by atoms with Crippen molar-refractivity contribution in [1.82, 2.24) is 9.97 Å². The van der Waals surface area contributed by atoms with E-state index < -0.39 is 11.5 Å². The fraction of sp³-hybridized carbons (Fsp3) is 0.318. The van der Waals surface area contributed by atoms with Crippen LogP contribution in [0.5, 0.6) is 0 Å². The fourth-order valence-electron chi connectivity index (χ4n) is 3.68. The number of H-pyrrole nitrogens is 1. The second-order valence-electron chi connectivity index (χ2n) is 7.89. The van der Waals surface area contributed by atoms with Crippen LogP contribution in [0.1, 0.15) is 43.1 Å². The third kappa shape index (κ3) is 3.27. The van der Waals surface area contributed by atoms with E-state index in [1.165, 1.54) is 0 Å². The predicted octanol–water partition coefficient (Wildman–Crippen LogP) is 3.21. The molecule has 1 aliphatic heterocycles. The maximum Gasteiger partial charge on any atom is 0.257 e. The van der Waals surface area contributed by atoms with Gasteiger partial charge in [-0.05, 0) is 50.1 Å². The average Bonchev–Trinajstić information content (AvgIpc) is 3.18. The van der Waals surface area contributed by atoms with Gasteiger partial charge in [0.1, 0.15) is 0 Å². The summed E-state index contributed by atoms with van der Waals surface area (Å²) in [5.41, 5.74) is 2.86. The first-order valence-corrected chi connectivity index (χ1v) is 9.72. The zero-order valence-electron chi connectivity index (χ0n) is 16.7. The third-order valence-corrected chi connectivity index (χ3v) is 5.48. The molecule has 7 heteroatoms. The van der Waals surface area contributed by atoms with Gasteiger partial charge in [-0.2, -0.15) is 0 Å². The Bertz CT molecular complexity index is 1090. The summed E-state index contributed by atoms with van der Waals surface area (Å²) in [6.07, 6.45) is -0.0134. The van der Waals surface area contributed by atoms with Gasteiger partial charge in [0.2, 0.25) is 11.9 Å². The van der Waals surface area contributed by atoms with Crippen molar-refractivity contribution in [3.8, 4) is 0 Å². The third-order valence-electron chi connectivity index (χ3n) is 5.48. The van der Waals surface area contributed by atoms with Crippen molar-refractivity contribution in [2.45, 2.75) is 38.7 Å². The summed E-state index contributed by atoms with van der Waals surface area (Å²) >= 11 is 0. The Balaban J connectivity index is 1.69. The summed E-state index contributed by atoms with van der Waals surface area (Å²) in [5.74, 6) is 0.0625. The second kappa shape index (κ2) is 7.00. The van der Waals surface area contributed by atoms with E-state index in [1.54, 1.807) is 29.2 Å². The maximum absolute atomic E-state index is 12.9. The Labute approximate surface area is 168 Å². The highest BCUT2D eigenvalue weighted by atomic mass is 16.3. The normalized spacial score (nSPS) is 16.1. The van der Waals surface area contributed by atoms with Crippen LogP contribution in [0, 0.1) is 0 Å². The lowest BCUT2D eigenvalue weighted by Gasteiger charge is -2.22. The minimum absolute atomic E-state index is 0.0368. The number of nitrogens with zero attached hydrogens (tertiary/aromatic N) is 2. The molecule has 0 spiro atoms. The highest BCUT2D eigenvalue weighted by molar-refractivity contribution is 6.10. The number of β-amino-alcohol motifs (C(OH)–C–C–N with tert-alkyl or cyclic N) is 1. The van der Waals surface area contributed by atoms with Crippen molar-refractivity contribution in [2.75, 3.05) is 16.8 Å². The number of aromatic amines is 1. The van der Waals surface area contributed by atoms with Crippen molar-refractivity contribution in [1.29, 1.82) is 0 Å². The molecule has 2 amide bonds. The Morgan fingerprint density at radius 2 is 2.00 bits per heavy atom. The number of benzene rings is 2. The van der Waals surface area contributed by atoms with E-state index in [0.29, 0.717) is 29.0 Å². The number of fused-ring (bicyclic) bond motifs is 2. The van der Waals surface area contributed by atoms with Gasteiger partial charge in [-0.3, -0.25) is 14.9 Å². The van der Waals surface area contributed by atoms with Gasteiger partial charge in [0, 0.05) is 5.56 Å². The summed E-state index contributed by atoms with van der Waals surface area (Å²) in [6.45, 7) is 5.90. The van der Waals surface area contributed by atoms with E-state index in [9.17, 15) is 14.7 Å². The van der Waals surface area contributed by atoms with Gasteiger partial charge < -0.3 is 15.0 Å². The van der Waals surface area contributed by atoms with Gasteiger partial charge >= 0.3 is 0 Å². The molecule has 2 heterocycles. The van der Waals surface area contributed by atoms with Crippen LogP contribution in [0.2, 0.25) is 0 Å². The summed E-state index contributed by atoms with van der Waals surface area (Å²) in [4.78, 5) is 34.6. The minimum atomic E-state index is -0.705. The van der Waals surface area contributed by atoms with Crippen LogP contribution in [0.25, 0.3) is 11.0 Å². The molecule has 3 aromatic rings. The first-order valence-electron chi connectivity index (χ1n) is 9.72. The van der Waals surface area contributed by atoms with Gasteiger partial charge in [-0.1, -0.05) is 25.1 Å². The number of hydrogen-bond acceptors (Lipinski definition) is 4. The molecule has 3 N–H and O–H groups in total. The number of carbonyl (C=O) groups is 2. The number of carbonyl (C=O) groups excluding carboxylic acids is 2. The smallest absolute Gasteiger partial charge is 0.257 e. The van der Waals surface area contributed by atoms with Crippen LogP contribution in [-0.2, 0) is 10.2 Å². The molecule has 2 aromatic carbocycles. The molecule has 150 valence electrons. The largest absolute Gasteiger partial charge is 0.391 e. The number of anilines is 2. The highest BCUT2D eigenvalue weighted by Crippen LogP contribution is 2.43. The monoisotopic (exact) mass is 392 g/mol. The minimum Gasteiger partial charge on any atom is -0.391 e. The van der Waals surface area contributed by atoms with Crippen LogP contribution in [0.4, 0.5) is 11.6 Å². The predicted molar refractivity (Wildman–Crippen MR) is 112 cm³/mol. The van der Waals surface area contributed by atoms with Gasteiger partial charge in [-0.15, -0.1) is 0 Å². The number of aliphatic hydroxyl groups excluding tert-OH is 1. The molecule has 4 rings (SSSR count). The fourth-order valence-corrected chi connectivity index (χ4v) is 3.68. The standard InChI is InChI=1S/C22H24N4O3/c1-4-14(27)12-26-18-11-17-16(10-15(18)22(2,3)20(26)29)23-21(24-17)25-19(28)13-8-6-5-7-9-13/h5-11,14,27H,4,12H2,1-3H3,(H2,23,24,25,28)/t14-/m1/s1. The lowest BCUT2D eigenvalue weighted by molar-refractivity contribution is -0.122. The molecule has 29 heavy (non-hydrogen) atoms. The average molecular weight is 392 g/mol. The van der Waals surface area contributed by atoms with E-state index in [-0.39, 0.29) is 18.4 Å². The van der Waals surface area contributed by atoms with Crippen LogP contribution in [0.3, 0.4) is 0 Å². The Morgan fingerprint density at radius 3 is 2.69 bits per heavy atom. The van der Waals surface area contributed by atoms with E-state index in [4.69, 9.17) is 0 Å². The molecule has 0 saturated heterocycles.